The van der Waals surface area contributed by atoms with E-state index in [9.17, 15) is 18.0 Å². The van der Waals surface area contributed by atoms with Gasteiger partial charge in [0.1, 0.15) is 5.69 Å². The molecule has 1 fully saturated rings. The molecule has 1 amide bonds. The molecule has 128 valence electrons. The molecule has 9 heteroatoms. The first-order valence-corrected chi connectivity index (χ1v) is 7.53. The highest BCUT2D eigenvalue weighted by molar-refractivity contribution is 5.79. The Labute approximate surface area is 132 Å². The lowest BCUT2D eigenvalue weighted by atomic mass is 9.95. The second kappa shape index (κ2) is 7.58. The van der Waals surface area contributed by atoms with Gasteiger partial charge in [-0.3, -0.25) is 4.79 Å². The minimum Gasteiger partial charge on any atom is -0.354 e. The molecule has 1 heterocycles. The smallest absolute Gasteiger partial charge is 0.354 e. The van der Waals surface area contributed by atoms with Gasteiger partial charge in [-0.05, 0) is 31.4 Å². The lowest BCUT2D eigenvalue weighted by Gasteiger charge is -2.17. The molecule has 4 N–H and O–H groups in total. The first kappa shape index (κ1) is 17.5. The van der Waals surface area contributed by atoms with Crippen molar-refractivity contribution in [3.63, 3.8) is 0 Å². The lowest BCUT2D eigenvalue weighted by Crippen LogP contribution is -2.37. The Morgan fingerprint density at radius 1 is 1.35 bits per heavy atom. The molecule has 23 heavy (non-hydrogen) atoms. The van der Waals surface area contributed by atoms with Gasteiger partial charge in [-0.25, -0.2) is 9.97 Å². The fraction of sp³-hybridized carbons (Fsp3) is 0.643. The fourth-order valence-electron chi connectivity index (χ4n) is 2.76. The number of carbonyl (C=O) groups is 1. The number of rotatable bonds is 6. The highest BCUT2D eigenvalue weighted by Gasteiger charge is 2.33. The van der Waals surface area contributed by atoms with Crippen molar-refractivity contribution in [3.8, 4) is 0 Å². The predicted octanol–water partition coefficient (Wildman–Crippen LogP) is 1.40. The van der Waals surface area contributed by atoms with E-state index < -0.39 is 11.9 Å². The van der Waals surface area contributed by atoms with E-state index in [4.69, 9.17) is 5.73 Å². The van der Waals surface area contributed by atoms with Crippen molar-refractivity contribution in [2.45, 2.75) is 25.4 Å². The number of hydrogen-bond donors (Lipinski definition) is 3. The van der Waals surface area contributed by atoms with Crippen LogP contribution in [0.1, 0.15) is 25.0 Å². The fourth-order valence-corrected chi connectivity index (χ4v) is 2.76. The van der Waals surface area contributed by atoms with Gasteiger partial charge in [0, 0.05) is 25.2 Å². The summed E-state index contributed by atoms with van der Waals surface area (Å²) in [6.45, 7) is 1.02. The lowest BCUT2D eigenvalue weighted by molar-refractivity contribution is -0.141. The second-order valence-corrected chi connectivity index (χ2v) is 5.51. The Balaban J connectivity index is 1.76. The van der Waals surface area contributed by atoms with Crippen molar-refractivity contribution in [2.24, 2.45) is 17.6 Å². The van der Waals surface area contributed by atoms with Crippen molar-refractivity contribution in [3.05, 3.63) is 18.0 Å². The van der Waals surface area contributed by atoms with E-state index in [0.29, 0.717) is 6.54 Å². The zero-order valence-electron chi connectivity index (χ0n) is 12.6. The number of aromatic nitrogens is 2. The Hall–Kier alpha value is -1.90. The molecule has 2 rings (SSSR count). The number of halogens is 3. The topological polar surface area (TPSA) is 92.9 Å². The molecule has 0 unspecified atom stereocenters. The standard InChI is InChI=1S/C14H20F3N5O/c15-14(16,17)11-4-5-20-13(22-11)21-7-6-19-12(23)10-3-1-2-9(10)8-18/h4-5,9-10H,1-3,6-8,18H2,(H,19,23)(H,20,21,22)/t9-,10-/m1/s1. The molecule has 0 aromatic carbocycles. The highest BCUT2D eigenvalue weighted by Crippen LogP contribution is 2.31. The van der Waals surface area contributed by atoms with E-state index in [-0.39, 0.29) is 36.8 Å². The summed E-state index contributed by atoms with van der Waals surface area (Å²) in [5.74, 6) is -0.0148. The summed E-state index contributed by atoms with van der Waals surface area (Å²) in [5.41, 5.74) is 4.64. The predicted molar refractivity (Wildman–Crippen MR) is 78.4 cm³/mol. The van der Waals surface area contributed by atoms with Crippen LogP contribution in [0.5, 0.6) is 0 Å². The number of nitrogens with one attached hydrogen (secondary N) is 2. The van der Waals surface area contributed by atoms with Crippen LogP contribution in [0, 0.1) is 11.8 Å². The van der Waals surface area contributed by atoms with Crippen LogP contribution in [0.4, 0.5) is 19.1 Å². The summed E-state index contributed by atoms with van der Waals surface area (Å²) in [5, 5.41) is 5.44. The van der Waals surface area contributed by atoms with E-state index in [1.54, 1.807) is 0 Å². The highest BCUT2D eigenvalue weighted by atomic mass is 19.4. The number of anilines is 1. The largest absolute Gasteiger partial charge is 0.433 e. The van der Waals surface area contributed by atoms with Crippen LogP contribution >= 0.6 is 0 Å². The van der Waals surface area contributed by atoms with Crippen molar-refractivity contribution in [2.75, 3.05) is 25.0 Å². The van der Waals surface area contributed by atoms with Gasteiger partial charge in [0.25, 0.3) is 0 Å². The zero-order valence-corrected chi connectivity index (χ0v) is 12.6. The van der Waals surface area contributed by atoms with Gasteiger partial charge in [0.15, 0.2) is 0 Å². The summed E-state index contributed by atoms with van der Waals surface area (Å²) in [6, 6.07) is 0.806. The van der Waals surface area contributed by atoms with Crippen LogP contribution in [0.2, 0.25) is 0 Å². The molecule has 1 aromatic heterocycles. The molecule has 0 spiro atoms. The number of nitrogens with zero attached hydrogens (tertiary/aromatic N) is 2. The van der Waals surface area contributed by atoms with Crippen molar-refractivity contribution in [1.82, 2.24) is 15.3 Å². The van der Waals surface area contributed by atoms with Gasteiger partial charge in [0.2, 0.25) is 11.9 Å². The minimum absolute atomic E-state index is 0.0512. The van der Waals surface area contributed by atoms with Crippen LogP contribution in [-0.2, 0) is 11.0 Å². The third-order valence-electron chi connectivity index (χ3n) is 3.95. The van der Waals surface area contributed by atoms with Gasteiger partial charge in [-0.15, -0.1) is 0 Å². The molecule has 0 aliphatic heterocycles. The summed E-state index contributed by atoms with van der Waals surface area (Å²) in [4.78, 5) is 19.1. The molecule has 1 aliphatic rings. The van der Waals surface area contributed by atoms with Crippen LogP contribution in [0.3, 0.4) is 0 Å². The Morgan fingerprint density at radius 2 is 2.13 bits per heavy atom. The average molecular weight is 331 g/mol. The van der Waals surface area contributed by atoms with Gasteiger partial charge < -0.3 is 16.4 Å². The molecule has 1 aromatic rings. The third-order valence-corrected chi connectivity index (χ3v) is 3.95. The quantitative estimate of drug-likeness (QED) is 0.685. The number of hydrogen-bond acceptors (Lipinski definition) is 5. The molecule has 0 saturated heterocycles. The number of carbonyl (C=O) groups excluding carboxylic acids is 1. The minimum atomic E-state index is -4.51. The van der Waals surface area contributed by atoms with E-state index >= 15 is 0 Å². The molecule has 2 atom stereocenters. The molecule has 1 aliphatic carbocycles. The monoisotopic (exact) mass is 331 g/mol. The molecular weight excluding hydrogens is 311 g/mol. The van der Waals surface area contributed by atoms with Crippen LogP contribution in [0.15, 0.2) is 12.3 Å². The van der Waals surface area contributed by atoms with Gasteiger partial charge >= 0.3 is 6.18 Å². The van der Waals surface area contributed by atoms with E-state index in [1.807, 2.05) is 0 Å². The maximum absolute atomic E-state index is 12.5. The van der Waals surface area contributed by atoms with E-state index in [2.05, 4.69) is 20.6 Å². The van der Waals surface area contributed by atoms with Crippen LogP contribution in [0.25, 0.3) is 0 Å². The first-order valence-electron chi connectivity index (χ1n) is 7.53. The SMILES string of the molecule is NC[C@H]1CCC[C@H]1C(=O)NCCNc1nccc(C(F)(F)F)n1. The van der Waals surface area contributed by atoms with Gasteiger partial charge in [-0.1, -0.05) is 6.42 Å². The molecule has 0 bridgehead atoms. The van der Waals surface area contributed by atoms with E-state index in [0.717, 1.165) is 31.5 Å². The summed E-state index contributed by atoms with van der Waals surface area (Å²) >= 11 is 0. The average Bonchev–Trinajstić information content (AvgIpc) is 2.99. The normalized spacial score (nSPS) is 21.2. The third kappa shape index (κ3) is 4.78. The first-order chi connectivity index (χ1) is 10.9. The second-order valence-electron chi connectivity index (χ2n) is 5.51. The summed E-state index contributed by atoms with van der Waals surface area (Å²) in [7, 11) is 0. The maximum Gasteiger partial charge on any atom is 0.433 e. The summed E-state index contributed by atoms with van der Waals surface area (Å²) in [6.07, 6.45) is -0.673. The van der Waals surface area contributed by atoms with Crippen LogP contribution in [-0.4, -0.2) is 35.5 Å². The number of amides is 1. The van der Waals surface area contributed by atoms with Crippen molar-refractivity contribution >= 4 is 11.9 Å². The number of nitrogens with two attached hydrogens (primary N) is 1. The van der Waals surface area contributed by atoms with Crippen molar-refractivity contribution in [1.29, 1.82) is 0 Å². The zero-order chi connectivity index (χ0) is 16.9. The van der Waals surface area contributed by atoms with E-state index in [1.165, 1.54) is 0 Å². The van der Waals surface area contributed by atoms with Gasteiger partial charge in [0.05, 0.1) is 0 Å². The molecular formula is C14H20F3N5O. The Bertz CT molecular complexity index is 537. The van der Waals surface area contributed by atoms with Crippen molar-refractivity contribution < 1.29 is 18.0 Å². The maximum atomic E-state index is 12.5. The van der Waals surface area contributed by atoms with Crippen LogP contribution < -0.4 is 16.4 Å². The number of alkyl halides is 3. The van der Waals surface area contributed by atoms with Gasteiger partial charge in [-0.2, -0.15) is 13.2 Å². The Morgan fingerprint density at radius 3 is 2.83 bits per heavy atom. The summed E-state index contributed by atoms with van der Waals surface area (Å²) < 4.78 is 37.6. The molecule has 1 saturated carbocycles. The molecule has 6 nitrogen and oxygen atoms in total. The molecule has 0 radical (unpaired) electrons. The Kier molecular flexibility index (Phi) is 5.75.